The van der Waals surface area contributed by atoms with Gasteiger partial charge < -0.3 is 10.2 Å². The fourth-order valence-electron chi connectivity index (χ4n) is 3.71. The summed E-state index contributed by atoms with van der Waals surface area (Å²) in [4.78, 5) is 28.1. The molecule has 1 N–H and O–H groups in total. The summed E-state index contributed by atoms with van der Waals surface area (Å²) in [5.74, 6) is -0.218. The number of nitrogens with one attached hydrogen (secondary N) is 1. The number of amides is 2. The van der Waals surface area contributed by atoms with Crippen LogP contribution in [0.5, 0.6) is 0 Å². The van der Waals surface area contributed by atoms with Gasteiger partial charge in [0.25, 0.3) is 0 Å². The summed E-state index contributed by atoms with van der Waals surface area (Å²) >= 11 is 0. The Morgan fingerprint density at radius 1 is 0.806 bits per heavy atom. The van der Waals surface area contributed by atoms with E-state index in [9.17, 15) is 9.59 Å². The Kier molecular flexibility index (Phi) is 7.60. The summed E-state index contributed by atoms with van der Waals surface area (Å²) in [6.45, 7) is 4.43. The van der Waals surface area contributed by atoms with E-state index in [-0.39, 0.29) is 18.2 Å². The number of rotatable bonds is 8. The Bertz CT molecular complexity index is 1010. The summed E-state index contributed by atoms with van der Waals surface area (Å²) in [6, 6.07) is 25.3. The van der Waals surface area contributed by atoms with Gasteiger partial charge in [-0.2, -0.15) is 0 Å². The highest BCUT2D eigenvalue weighted by Gasteiger charge is 2.29. The maximum atomic E-state index is 13.5. The van der Waals surface area contributed by atoms with Crippen molar-refractivity contribution in [2.45, 2.75) is 39.3 Å². The van der Waals surface area contributed by atoms with E-state index in [1.165, 1.54) is 0 Å². The van der Waals surface area contributed by atoms with Gasteiger partial charge in [-0.15, -0.1) is 0 Å². The van der Waals surface area contributed by atoms with Gasteiger partial charge in [-0.05, 0) is 30.5 Å². The molecule has 0 fully saturated rings. The first-order valence-electron chi connectivity index (χ1n) is 10.6. The third-order valence-corrected chi connectivity index (χ3v) is 5.43. The van der Waals surface area contributed by atoms with Crippen LogP contribution in [0, 0.1) is 13.8 Å². The molecule has 0 radical (unpaired) electrons. The molecule has 1 atom stereocenters. The molecule has 0 aliphatic carbocycles. The van der Waals surface area contributed by atoms with Crippen molar-refractivity contribution >= 4 is 11.8 Å². The fourth-order valence-corrected chi connectivity index (χ4v) is 3.71. The Hall–Kier alpha value is -3.40. The van der Waals surface area contributed by atoms with Crippen LogP contribution < -0.4 is 5.32 Å². The van der Waals surface area contributed by atoms with E-state index in [0.717, 1.165) is 27.8 Å². The van der Waals surface area contributed by atoms with Crippen LogP contribution >= 0.6 is 0 Å². The van der Waals surface area contributed by atoms with Gasteiger partial charge in [0.2, 0.25) is 11.8 Å². The average Bonchev–Trinajstić information content (AvgIpc) is 2.77. The standard InChI is InChI=1S/C27H30N2O2/c1-20-12-14-23(15-13-20)19-29(26(30)18-24-11-7-8-21(2)16-24)25(27(31)28-3)17-22-9-5-4-6-10-22/h4-16,25H,17-19H2,1-3H3,(H,28,31)/t25-/m0/s1. The molecule has 0 heterocycles. The maximum Gasteiger partial charge on any atom is 0.242 e. The fraction of sp³-hybridized carbons (Fsp3) is 0.259. The molecule has 0 saturated carbocycles. The first kappa shape index (κ1) is 22.3. The Balaban J connectivity index is 1.93. The minimum Gasteiger partial charge on any atom is -0.357 e. The summed E-state index contributed by atoms with van der Waals surface area (Å²) in [5.41, 5.74) is 5.25. The van der Waals surface area contributed by atoms with Crippen LogP contribution in [0.15, 0.2) is 78.9 Å². The first-order valence-corrected chi connectivity index (χ1v) is 10.6. The number of hydrogen-bond donors (Lipinski definition) is 1. The molecule has 0 aliphatic rings. The number of nitrogens with zero attached hydrogens (tertiary/aromatic N) is 1. The van der Waals surface area contributed by atoms with Crippen LogP contribution in [-0.2, 0) is 29.0 Å². The van der Waals surface area contributed by atoms with Crippen LogP contribution in [0.1, 0.15) is 27.8 Å². The van der Waals surface area contributed by atoms with E-state index in [2.05, 4.69) is 5.32 Å². The predicted octanol–water partition coefficient (Wildman–Crippen LogP) is 4.23. The maximum absolute atomic E-state index is 13.5. The second kappa shape index (κ2) is 10.6. The van der Waals surface area contributed by atoms with Gasteiger partial charge in [0.05, 0.1) is 6.42 Å². The van der Waals surface area contributed by atoms with Gasteiger partial charge in [0.1, 0.15) is 6.04 Å². The SMILES string of the molecule is CNC(=O)[C@H](Cc1ccccc1)N(Cc1ccc(C)cc1)C(=O)Cc1cccc(C)c1. The monoisotopic (exact) mass is 414 g/mol. The first-order chi connectivity index (χ1) is 15.0. The van der Waals surface area contributed by atoms with Crippen LogP contribution in [0.3, 0.4) is 0 Å². The van der Waals surface area contributed by atoms with Crippen molar-refractivity contribution < 1.29 is 9.59 Å². The molecule has 3 rings (SSSR count). The molecule has 4 heteroatoms. The Morgan fingerprint density at radius 2 is 1.48 bits per heavy atom. The number of likely N-dealkylation sites (N-methyl/N-ethyl adjacent to an activating group) is 1. The Labute approximate surface area is 184 Å². The zero-order valence-electron chi connectivity index (χ0n) is 18.5. The molecule has 0 aromatic heterocycles. The van der Waals surface area contributed by atoms with Crippen molar-refractivity contribution in [1.82, 2.24) is 10.2 Å². The van der Waals surface area contributed by atoms with Crippen molar-refractivity contribution in [1.29, 1.82) is 0 Å². The number of benzene rings is 3. The molecule has 0 bridgehead atoms. The summed E-state index contributed by atoms with van der Waals surface area (Å²) in [7, 11) is 1.62. The zero-order valence-corrected chi connectivity index (χ0v) is 18.5. The summed E-state index contributed by atoms with van der Waals surface area (Å²) < 4.78 is 0. The molecule has 160 valence electrons. The topological polar surface area (TPSA) is 49.4 Å². The molecule has 0 unspecified atom stereocenters. The van der Waals surface area contributed by atoms with Crippen molar-refractivity contribution in [3.05, 3.63) is 107 Å². The minimum absolute atomic E-state index is 0.0595. The molecule has 2 amide bonds. The number of hydrogen-bond acceptors (Lipinski definition) is 2. The van der Waals surface area contributed by atoms with Gasteiger partial charge in [-0.3, -0.25) is 9.59 Å². The van der Waals surface area contributed by atoms with Gasteiger partial charge >= 0.3 is 0 Å². The van der Waals surface area contributed by atoms with E-state index >= 15 is 0 Å². The number of carbonyl (C=O) groups is 2. The zero-order chi connectivity index (χ0) is 22.2. The molecule has 31 heavy (non-hydrogen) atoms. The molecule has 3 aromatic rings. The van der Waals surface area contributed by atoms with Gasteiger partial charge in [-0.1, -0.05) is 90.0 Å². The van der Waals surface area contributed by atoms with Gasteiger partial charge in [-0.25, -0.2) is 0 Å². The van der Waals surface area contributed by atoms with Crippen molar-refractivity contribution in [3.8, 4) is 0 Å². The summed E-state index contributed by atoms with van der Waals surface area (Å²) in [6.07, 6.45) is 0.724. The Morgan fingerprint density at radius 3 is 2.13 bits per heavy atom. The second-order valence-corrected chi connectivity index (χ2v) is 7.99. The van der Waals surface area contributed by atoms with E-state index in [4.69, 9.17) is 0 Å². The normalized spacial score (nSPS) is 11.6. The lowest BCUT2D eigenvalue weighted by Crippen LogP contribution is -2.50. The number of carbonyl (C=O) groups excluding carboxylic acids is 2. The van der Waals surface area contributed by atoms with Gasteiger partial charge in [0, 0.05) is 20.0 Å². The lowest BCUT2D eigenvalue weighted by Gasteiger charge is -2.31. The predicted molar refractivity (Wildman–Crippen MR) is 125 cm³/mol. The molecule has 0 saturated heterocycles. The third kappa shape index (κ3) is 6.29. The highest BCUT2D eigenvalue weighted by atomic mass is 16.2. The second-order valence-electron chi connectivity index (χ2n) is 7.99. The smallest absolute Gasteiger partial charge is 0.242 e. The van der Waals surface area contributed by atoms with Crippen LogP contribution in [0.2, 0.25) is 0 Å². The van der Waals surface area contributed by atoms with Crippen molar-refractivity contribution in [2.75, 3.05) is 7.05 Å². The minimum atomic E-state index is -0.592. The van der Waals surface area contributed by atoms with E-state index in [0.29, 0.717) is 13.0 Å². The van der Waals surface area contributed by atoms with E-state index in [1.54, 1.807) is 11.9 Å². The van der Waals surface area contributed by atoms with Crippen LogP contribution in [-0.4, -0.2) is 29.8 Å². The lowest BCUT2D eigenvalue weighted by molar-refractivity contribution is -0.140. The third-order valence-electron chi connectivity index (χ3n) is 5.43. The molecule has 4 nitrogen and oxygen atoms in total. The molecular formula is C27H30N2O2. The molecule has 3 aromatic carbocycles. The summed E-state index contributed by atoms with van der Waals surface area (Å²) in [5, 5.41) is 2.76. The van der Waals surface area contributed by atoms with E-state index < -0.39 is 6.04 Å². The lowest BCUT2D eigenvalue weighted by atomic mass is 10.0. The van der Waals surface area contributed by atoms with Gasteiger partial charge in [0.15, 0.2) is 0 Å². The van der Waals surface area contributed by atoms with E-state index in [1.807, 2.05) is 92.7 Å². The molecule has 0 spiro atoms. The largest absolute Gasteiger partial charge is 0.357 e. The van der Waals surface area contributed by atoms with Crippen LogP contribution in [0.4, 0.5) is 0 Å². The number of aryl methyl sites for hydroxylation is 2. The average molecular weight is 415 g/mol. The van der Waals surface area contributed by atoms with Crippen molar-refractivity contribution in [3.63, 3.8) is 0 Å². The quantitative estimate of drug-likeness (QED) is 0.600. The van der Waals surface area contributed by atoms with Crippen LogP contribution in [0.25, 0.3) is 0 Å². The highest BCUT2D eigenvalue weighted by Crippen LogP contribution is 2.17. The molecular weight excluding hydrogens is 384 g/mol. The molecule has 0 aliphatic heterocycles. The van der Waals surface area contributed by atoms with Crippen molar-refractivity contribution in [2.24, 2.45) is 0 Å². The highest BCUT2D eigenvalue weighted by molar-refractivity contribution is 5.88.